The number of carbonyl (C=O) groups is 1. The second-order valence-electron chi connectivity index (χ2n) is 8.37. The fourth-order valence-corrected chi connectivity index (χ4v) is 4.61. The molecule has 0 fully saturated rings. The number of fused-ring (bicyclic) bond motifs is 1. The van der Waals surface area contributed by atoms with Crippen molar-refractivity contribution in [2.45, 2.75) is 39.2 Å². The fourth-order valence-electron chi connectivity index (χ4n) is 4.44. The summed E-state index contributed by atoms with van der Waals surface area (Å²) in [6.45, 7) is 9.17. The van der Waals surface area contributed by atoms with Crippen molar-refractivity contribution in [3.63, 3.8) is 0 Å². The SMILES string of the molecule is C=CCOc1ccc(C2c3c(-c4cc(Cl)ccc4O)n[nH]c3C(=O)N2CCCCC)cc1OCC. The minimum absolute atomic E-state index is 0.0440. The van der Waals surface area contributed by atoms with Gasteiger partial charge in [-0.15, -0.1) is 0 Å². The molecule has 0 aliphatic carbocycles. The molecule has 8 heteroatoms. The van der Waals surface area contributed by atoms with Crippen LogP contribution in [-0.4, -0.2) is 45.9 Å². The van der Waals surface area contributed by atoms with E-state index in [1.54, 1.807) is 18.2 Å². The molecule has 1 aliphatic rings. The highest BCUT2D eigenvalue weighted by Gasteiger charge is 2.42. The van der Waals surface area contributed by atoms with Gasteiger partial charge in [-0.05, 0) is 49.2 Å². The minimum Gasteiger partial charge on any atom is -0.507 e. The third kappa shape index (κ3) is 4.86. The number of phenolic OH excluding ortho intramolecular Hbond substituents is 1. The number of unbranched alkanes of at least 4 members (excludes halogenated alkanes) is 2. The van der Waals surface area contributed by atoms with Gasteiger partial charge in [-0.3, -0.25) is 9.89 Å². The third-order valence-electron chi connectivity index (χ3n) is 6.02. The third-order valence-corrected chi connectivity index (χ3v) is 6.26. The van der Waals surface area contributed by atoms with Crippen molar-refractivity contribution in [1.82, 2.24) is 15.1 Å². The van der Waals surface area contributed by atoms with Gasteiger partial charge in [0.05, 0.1) is 12.6 Å². The van der Waals surface area contributed by atoms with Gasteiger partial charge in [-0.2, -0.15) is 5.10 Å². The van der Waals surface area contributed by atoms with Gasteiger partial charge >= 0.3 is 0 Å². The summed E-state index contributed by atoms with van der Waals surface area (Å²) in [7, 11) is 0. The second-order valence-corrected chi connectivity index (χ2v) is 8.81. The first-order valence-corrected chi connectivity index (χ1v) is 12.3. The molecule has 2 N–H and O–H groups in total. The number of nitrogens with zero attached hydrogens (tertiary/aromatic N) is 2. The quantitative estimate of drug-likeness (QED) is 0.246. The lowest BCUT2D eigenvalue weighted by atomic mass is 9.95. The summed E-state index contributed by atoms with van der Waals surface area (Å²) in [5, 5.41) is 18.4. The van der Waals surface area contributed by atoms with E-state index in [-0.39, 0.29) is 11.7 Å². The first-order valence-electron chi connectivity index (χ1n) is 11.9. The molecular weight excluding hydrogens is 466 g/mol. The van der Waals surface area contributed by atoms with Gasteiger partial charge < -0.3 is 19.5 Å². The highest BCUT2D eigenvalue weighted by Crippen LogP contribution is 2.46. The van der Waals surface area contributed by atoms with E-state index in [1.807, 2.05) is 30.0 Å². The number of aromatic hydroxyl groups is 1. The molecule has 0 spiro atoms. The zero-order chi connectivity index (χ0) is 24.9. The van der Waals surface area contributed by atoms with E-state index in [2.05, 4.69) is 23.7 Å². The summed E-state index contributed by atoms with van der Waals surface area (Å²) >= 11 is 6.23. The Balaban J connectivity index is 1.85. The highest BCUT2D eigenvalue weighted by molar-refractivity contribution is 6.31. The van der Waals surface area contributed by atoms with Gasteiger partial charge in [0.15, 0.2) is 11.5 Å². The Morgan fingerprint density at radius 2 is 2.00 bits per heavy atom. The number of nitrogens with one attached hydrogen (secondary N) is 1. The lowest BCUT2D eigenvalue weighted by molar-refractivity contribution is 0.0740. The fraction of sp³-hybridized carbons (Fsp3) is 0.333. The van der Waals surface area contributed by atoms with Crippen LogP contribution in [0.25, 0.3) is 11.3 Å². The summed E-state index contributed by atoms with van der Waals surface area (Å²) in [5.74, 6) is 1.13. The molecule has 1 unspecified atom stereocenters. The number of ether oxygens (including phenoxy) is 2. The molecule has 3 aromatic rings. The van der Waals surface area contributed by atoms with E-state index in [4.69, 9.17) is 21.1 Å². The predicted octanol–water partition coefficient (Wildman–Crippen LogP) is 6.13. The molecule has 1 atom stereocenters. The molecule has 35 heavy (non-hydrogen) atoms. The number of hydrogen-bond donors (Lipinski definition) is 2. The Hall–Kier alpha value is -3.45. The predicted molar refractivity (Wildman–Crippen MR) is 136 cm³/mol. The first-order chi connectivity index (χ1) is 17.0. The van der Waals surface area contributed by atoms with Crippen LogP contribution in [-0.2, 0) is 0 Å². The molecule has 2 aromatic carbocycles. The topological polar surface area (TPSA) is 87.7 Å². The summed E-state index contributed by atoms with van der Waals surface area (Å²) in [6.07, 6.45) is 4.62. The van der Waals surface area contributed by atoms with Crippen molar-refractivity contribution in [2.75, 3.05) is 19.8 Å². The largest absolute Gasteiger partial charge is 0.507 e. The van der Waals surface area contributed by atoms with E-state index in [1.165, 1.54) is 6.07 Å². The molecule has 1 amide bonds. The van der Waals surface area contributed by atoms with Crippen LogP contribution in [0.4, 0.5) is 0 Å². The maximum Gasteiger partial charge on any atom is 0.273 e. The number of carbonyl (C=O) groups excluding carboxylic acids is 1. The molecule has 0 radical (unpaired) electrons. The second kappa shape index (κ2) is 10.9. The maximum absolute atomic E-state index is 13.5. The molecule has 1 aromatic heterocycles. The Labute approximate surface area is 210 Å². The summed E-state index contributed by atoms with van der Waals surface area (Å²) in [4.78, 5) is 15.3. The summed E-state index contributed by atoms with van der Waals surface area (Å²) in [5.41, 5.74) is 2.98. The lowest BCUT2D eigenvalue weighted by Gasteiger charge is -2.27. The van der Waals surface area contributed by atoms with Crippen LogP contribution in [0.1, 0.15) is 60.8 Å². The molecule has 7 nitrogen and oxygen atoms in total. The van der Waals surface area contributed by atoms with Crippen LogP contribution < -0.4 is 9.47 Å². The maximum atomic E-state index is 13.5. The number of rotatable bonds is 11. The Morgan fingerprint density at radius 3 is 2.74 bits per heavy atom. The van der Waals surface area contributed by atoms with Crippen molar-refractivity contribution < 1.29 is 19.4 Å². The van der Waals surface area contributed by atoms with Gasteiger partial charge in [-0.1, -0.05) is 50.1 Å². The van der Waals surface area contributed by atoms with Crippen molar-refractivity contribution in [3.05, 3.63) is 70.9 Å². The van der Waals surface area contributed by atoms with E-state index in [0.717, 1.165) is 24.8 Å². The Morgan fingerprint density at radius 1 is 1.17 bits per heavy atom. The molecule has 0 saturated carbocycles. The van der Waals surface area contributed by atoms with Crippen LogP contribution in [0, 0.1) is 0 Å². The number of H-pyrrole nitrogens is 1. The molecule has 0 bridgehead atoms. The van der Waals surface area contributed by atoms with E-state index in [0.29, 0.717) is 58.8 Å². The van der Waals surface area contributed by atoms with Crippen LogP contribution in [0.2, 0.25) is 5.02 Å². The van der Waals surface area contributed by atoms with Crippen molar-refractivity contribution in [1.29, 1.82) is 0 Å². The number of hydrogen-bond acceptors (Lipinski definition) is 5. The van der Waals surface area contributed by atoms with Gasteiger partial charge in [0.1, 0.15) is 23.7 Å². The molecule has 1 aliphatic heterocycles. The normalized spacial score (nSPS) is 14.8. The molecule has 4 rings (SSSR count). The van der Waals surface area contributed by atoms with Crippen molar-refractivity contribution >= 4 is 17.5 Å². The Kier molecular flexibility index (Phi) is 7.66. The zero-order valence-corrected chi connectivity index (χ0v) is 20.8. The number of halogens is 1. The van der Waals surface area contributed by atoms with Gasteiger partial charge in [0.2, 0.25) is 0 Å². The van der Waals surface area contributed by atoms with E-state index in [9.17, 15) is 9.90 Å². The van der Waals surface area contributed by atoms with E-state index >= 15 is 0 Å². The van der Waals surface area contributed by atoms with Crippen LogP contribution >= 0.6 is 11.6 Å². The molecule has 0 saturated heterocycles. The van der Waals surface area contributed by atoms with Crippen LogP contribution in [0.5, 0.6) is 17.2 Å². The molecular formula is C27H30ClN3O4. The van der Waals surface area contributed by atoms with Gasteiger partial charge in [0.25, 0.3) is 5.91 Å². The average Bonchev–Trinajstić information content (AvgIpc) is 3.39. The number of aromatic nitrogens is 2. The van der Waals surface area contributed by atoms with Crippen LogP contribution in [0.15, 0.2) is 49.1 Å². The number of phenols is 1. The summed E-state index contributed by atoms with van der Waals surface area (Å²) < 4.78 is 11.6. The first kappa shape index (κ1) is 24.7. The van der Waals surface area contributed by atoms with Crippen molar-refractivity contribution in [3.8, 4) is 28.5 Å². The van der Waals surface area contributed by atoms with Crippen LogP contribution in [0.3, 0.4) is 0 Å². The number of amides is 1. The standard InChI is InChI=1S/C27H30ClN3O4/c1-4-7-8-13-31-26(17-9-12-21(35-14-5-2)22(15-17)34-6-3)23-24(29-30-25(23)27(31)33)19-16-18(28)10-11-20(19)32/h5,9-12,15-16,26,32H,2,4,6-8,13-14H2,1,3H3,(H,29,30). The van der Waals surface area contributed by atoms with E-state index < -0.39 is 6.04 Å². The van der Waals surface area contributed by atoms with Crippen molar-refractivity contribution in [2.24, 2.45) is 0 Å². The average molecular weight is 496 g/mol. The van der Waals surface area contributed by atoms with Gasteiger partial charge in [-0.25, -0.2) is 0 Å². The number of benzene rings is 2. The molecule has 2 heterocycles. The monoisotopic (exact) mass is 495 g/mol. The summed E-state index contributed by atoms with van der Waals surface area (Å²) in [6, 6.07) is 10.1. The lowest BCUT2D eigenvalue weighted by Crippen LogP contribution is -2.30. The van der Waals surface area contributed by atoms with Gasteiger partial charge in [0, 0.05) is 22.7 Å². The molecule has 184 valence electrons. The number of aromatic amines is 1. The minimum atomic E-state index is -0.408. The zero-order valence-electron chi connectivity index (χ0n) is 20.0. The Bertz CT molecular complexity index is 1220. The highest BCUT2D eigenvalue weighted by atomic mass is 35.5. The smallest absolute Gasteiger partial charge is 0.273 e.